The Morgan fingerprint density at radius 3 is 2.06 bits per heavy atom. The van der Waals surface area contributed by atoms with Crippen molar-refractivity contribution in [2.24, 2.45) is 0 Å². The smallest absolute Gasteiger partial charge is 0.340 e. The van der Waals surface area contributed by atoms with Gasteiger partial charge in [-0.2, -0.15) is 0 Å². The molecule has 5 nitrogen and oxygen atoms in total. The average molecular weight is 615 g/mol. The molecule has 2 heterocycles. The zero-order chi connectivity index (χ0) is 32.0. The van der Waals surface area contributed by atoms with Crippen molar-refractivity contribution in [3.63, 3.8) is 0 Å². The van der Waals surface area contributed by atoms with Crippen molar-refractivity contribution in [2.75, 3.05) is 10.2 Å². The summed E-state index contributed by atoms with van der Waals surface area (Å²) in [5.74, 6) is 0.981. The van der Waals surface area contributed by atoms with E-state index in [1.54, 1.807) is 0 Å². The van der Waals surface area contributed by atoms with E-state index in [1.807, 2.05) is 48.5 Å². The van der Waals surface area contributed by atoms with Gasteiger partial charge in [-0.3, -0.25) is 0 Å². The predicted molar refractivity (Wildman–Crippen MR) is 187 cm³/mol. The van der Waals surface area contributed by atoms with Gasteiger partial charge in [0, 0.05) is 52.9 Å². The summed E-state index contributed by atoms with van der Waals surface area (Å²) in [6.07, 6.45) is 0. The van der Waals surface area contributed by atoms with E-state index in [0.717, 1.165) is 52.4 Å². The highest BCUT2D eigenvalue weighted by molar-refractivity contribution is 5.97. The topological polar surface area (TPSA) is 50.8 Å². The number of carbonyl (C=O) groups excluding carboxylic acids is 1. The van der Waals surface area contributed by atoms with Crippen LogP contribution >= 0.6 is 0 Å². The lowest BCUT2D eigenvalue weighted by molar-refractivity contribution is 0.0224. The molecule has 0 saturated carbocycles. The first-order valence-corrected chi connectivity index (χ1v) is 15.9. The number of nitrogens with zero attached hydrogens (tertiary/aromatic N) is 1. The fourth-order valence-electron chi connectivity index (χ4n) is 6.89. The second-order valence-corrected chi connectivity index (χ2v) is 12.4. The number of aryl methyl sites for hydroxylation is 2. The maximum atomic E-state index is 13.5. The van der Waals surface area contributed by atoms with Gasteiger partial charge in [0.15, 0.2) is 5.60 Å². The minimum absolute atomic E-state index is 0.342. The molecule has 0 fully saturated rings. The summed E-state index contributed by atoms with van der Waals surface area (Å²) in [6, 6.07) is 47.3. The Bertz CT molecular complexity index is 2080. The minimum atomic E-state index is -1.15. The van der Waals surface area contributed by atoms with Crippen molar-refractivity contribution in [1.82, 2.24) is 0 Å². The van der Waals surface area contributed by atoms with Crippen LogP contribution in [0.4, 0.5) is 17.1 Å². The van der Waals surface area contributed by atoms with Crippen molar-refractivity contribution >= 4 is 23.0 Å². The molecule has 230 valence electrons. The molecule has 0 amide bonds. The third-order valence-electron chi connectivity index (χ3n) is 9.15. The van der Waals surface area contributed by atoms with Crippen LogP contribution in [-0.2, 0) is 23.4 Å². The summed E-state index contributed by atoms with van der Waals surface area (Å²) in [7, 11) is 0. The molecular formula is C42H34N2O3. The highest BCUT2D eigenvalue weighted by Gasteiger charge is 2.53. The standard InChI is InChI=1S/C42H34N2O3/c1-28-17-21-38(29(2)23-28)43-32-18-22-39-37(24-32)42(35-16-10-9-15-34(35)41(45)47-42)36-20-19-33(25-40(36)46-39)44(26-30-11-5-3-6-12-30)27-31-13-7-4-8-14-31/h3-25,43H,26-27H2,1-2H3. The van der Waals surface area contributed by atoms with E-state index in [1.165, 1.54) is 16.7 Å². The van der Waals surface area contributed by atoms with E-state index in [-0.39, 0.29) is 5.97 Å². The SMILES string of the molecule is Cc1ccc(Nc2ccc3c(c2)C2(OC(=O)c4ccccc42)c2ccc(N(Cc4ccccc4)Cc4ccccc4)cc2O3)c(C)c1. The molecule has 2 aliphatic heterocycles. The van der Waals surface area contributed by atoms with Crippen LogP contribution in [0.5, 0.6) is 11.5 Å². The number of fused-ring (bicyclic) bond motifs is 6. The molecular weight excluding hydrogens is 580 g/mol. The highest BCUT2D eigenvalue weighted by atomic mass is 16.6. The number of ether oxygens (including phenoxy) is 2. The molecule has 8 rings (SSSR count). The zero-order valence-corrected chi connectivity index (χ0v) is 26.4. The molecule has 1 spiro atoms. The molecule has 1 unspecified atom stereocenters. The van der Waals surface area contributed by atoms with Crippen molar-refractivity contribution in [2.45, 2.75) is 32.5 Å². The number of nitrogens with one attached hydrogen (secondary N) is 1. The lowest BCUT2D eigenvalue weighted by Crippen LogP contribution is -2.33. The number of benzene rings is 6. The Balaban J connectivity index is 1.25. The lowest BCUT2D eigenvalue weighted by Gasteiger charge is -2.37. The van der Waals surface area contributed by atoms with Crippen molar-refractivity contribution in [1.29, 1.82) is 0 Å². The van der Waals surface area contributed by atoms with Gasteiger partial charge in [-0.05, 0) is 73.0 Å². The van der Waals surface area contributed by atoms with Crippen molar-refractivity contribution in [3.8, 4) is 11.5 Å². The number of esters is 1. The van der Waals surface area contributed by atoms with Crippen LogP contribution in [0.15, 0.2) is 140 Å². The van der Waals surface area contributed by atoms with Crippen LogP contribution in [-0.4, -0.2) is 5.97 Å². The van der Waals surface area contributed by atoms with Crippen molar-refractivity contribution < 1.29 is 14.3 Å². The van der Waals surface area contributed by atoms with Crippen LogP contribution in [0.2, 0.25) is 0 Å². The summed E-state index contributed by atoms with van der Waals surface area (Å²) < 4.78 is 13.2. The molecule has 6 aromatic rings. The first-order valence-electron chi connectivity index (χ1n) is 15.9. The Labute approximate surface area is 275 Å². The maximum Gasteiger partial charge on any atom is 0.340 e. The first-order chi connectivity index (χ1) is 23.0. The summed E-state index contributed by atoms with van der Waals surface area (Å²) in [5.41, 5.74) is 9.53. The number of anilines is 3. The molecule has 0 aromatic heterocycles. The third kappa shape index (κ3) is 5.10. The lowest BCUT2D eigenvalue weighted by atomic mass is 9.77. The summed E-state index contributed by atoms with van der Waals surface area (Å²) in [4.78, 5) is 15.9. The number of hydrogen-bond acceptors (Lipinski definition) is 5. The van der Waals surface area contributed by atoms with Gasteiger partial charge in [0.25, 0.3) is 0 Å². The fraction of sp³-hybridized carbons (Fsp3) is 0.119. The molecule has 47 heavy (non-hydrogen) atoms. The normalized spacial score (nSPS) is 15.7. The van der Waals surface area contributed by atoms with Gasteiger partial charge in [0.2, 0.25) is 0 Å². The molecule has 2 aliphatic rings. The summed E-state index contributed by atoms with van der Waals surface area (Å²) in [6.45, 7) is 5.64. The van der Waals surface area contributed by atoms with Gasteiger partial charge in [-0.15, -0.1) is 0 Å². The van der Waals surface area contributed by atoms with Crippen LogP contribution in [0.3, 0.4) is 0 Å². The zero-order valence-electron chi connectivity index (χ0n) is 26.4. The largest absolute Gasteiger partial charge is 0.456 e. The number of hydrogen-bond donors (Lipinski definition) is 1. The van der Waals surface area contributed by atoms with Crippen LogP contribution in [0.1, 0.15) is 49.3 Å². The van der Waals surface area contributed by atoms with Gasteiger partial charge < -0.3 is 19.7 Å². The fourth-order valence-corrected chi connectivity index (χ4v) is 6.89. The second-order valence-electron chi connectivity index (χ2n) is 12.4. The van der Waals surface area contributed by atoms with E-state index in [0.29, 0.717) is 17.1 Å². The molecule has 0 radical (unpaired) electrons. The van der Waals surface area contributed by atoms with E-state index in [4.69, 9.17) is 9.47 Å². The Morgan fingerprint density at radius 2 is 1.34 bits per heavy atom. The summed E-state index contributed by atoms with van der Waals surface area (Å²) in [5, 5.41) is 3.58. The van der Waals surface area contributed by atoms with Crippen LogP contribution in [0, 0.1) is 13.8 Å². The maximum absolute atomic E-state index is 13.5. The highest BCUT2D eigenvalue weighted by Crippen LogP contribution is 2.57. The first kappa shape index (κ1) is 28.6. The van der Waals surface area contributed by atoms with Crippen molar-refractivity contribution in [3.05, 3.63) is 184 Å². The minimum Gasteiger partial charge on any atom is -0.456 e. The molecule has 6 aromatic carbocycles. The number of carbonyl (C=O) groups is 1. The number of rotatable bonds is 7. The van der Waals surface area contributed by atoms with Gasteiger partial charge in [0.1, 0.15) is 11.5 Å². The average Bonchev–Trinajstić information content (AvgIpc) is 3.39. The van der Waals surface area contributed by atoms with Gasteiger partial charge in [0.05, 0.1) is 5.56 Å². The van der Waals surface area contributed by atoms with Crippen LogP contribution in [0.25, 0.3) is 0 Å². The Kier molecular flexibility index (Phi) is 7.02. The van der Waals surface area contributed by atoms with E-state index < -0.39 is 5.60 Å². The molecule has 0 aliphatic carbocycles. The Hall–Kier alpha value is -5.81. The van der Waals surface area contributed by atoms with Gasteiger partial charge in [-0.25, -0.2) is 4.79 Å². The predicted octanol–water partition coefficient (Wildman–Crippen LogP) is 9.82. The van der Waals surface area contributed by atoms with Gasteiger partial charge >= 0.3 is 5.97 Å². The molecule has 0 saturated heterocycles. The quantitative estimate of drug-likeness (QED) is 0.181. The van der Waals surface area contributed by atoms with Gasteiger partial charge in [-0.1, -0.05) is 96.6 Å². The molecule has 0 bridgehead atoms. The molecule has 5 heteroatoms. The summed E-state index contributed by atoms with van der Waals surface area (Å²) >= 11 is 0. The van der Waals surface area contributed by atoms with E-state index in [9.17, 15) is 4.79 Å². The molecule has 1 atom stereocenters. The van der Waals surface area contributed by atoms with Crippen LogP contribution < -0.4 is 15.0 Å². The van der Waals surface area contributed by atoms with E-state index in [2.05, 4.69) is 115 Å². The molecule has 1 N–H and O–H groups in total. The third-order valence-corrected chi connectivity index (χ3v) is 9.15. The van der Waals surface area contributed by atoms with E-state index >= 15 is 0 Å². The Morgan fingerprint density at radius 1 is 0.638 bits per heavy atom. The monoisotopic (exact) mass is 614 g/mol. The second kappa shape index (κ2) is 11.5.